The number of halogens is 3. The summed E-state index contributed by atoms with van der Waals surface area (Å²) >= 11 is 0. The predicted molar refractivity (Wildman–Crippen MR) is 75.4 cm³/mol. The number of hydrogen-bond acceptors (Lipinski definition) is 2. The van der Waals surface area contributed by atoms with Gasteiger partial charge in [0.05, 0.1) is 5.56 Å². The summed E-state index contributed by atoms with van der Waals surface area (Å²) in [5.74, 6) is 0. The number of nitrogens with zero attached hydrogens (tertiary/aromatic N) is 1. The first-order valence-electron chi connectivity index (χ1n) is 7.05. The normalized spacial score (nSPS) is 13.8. The van der Waals surface area contributed by atoms with Gasteiger partial charge in [0.2, 0.25) is 0 Å². The molecule has 1 unspecified atom stereocenters. The van der Waals surface area contributed by atoms with Gasteiger partial charge in [-0.05, 0) is 31.1 Å². The van der Waals surface area contributed by atoms with E-state index in [-0.39, 0.29) is 18.2 Å². The van der Waals surface area contributed by atoms with E-state index >= 15 is 0 Å². The molecule has 114 valence electrons. The molecule has 1 atom stereocenters. The van der Waals surface area contributed by atoms with Crippen molar-refractivity contribution in [1.29, 1.82) is 0 Å². The molecule has 0 spiro atoms. The van der Waals surface area contributed by atoms with Crippen molar-refractivity contribution >= 4 is 0 Å². The van der Waals surface area contributed by atoms with Gasteiger partial charge in [0.1, 0.15) is 0 Å². The molecule has 0 aliphatic rings. The van der Waals surface area contributed by atoms with Gasteiger partial charge in [0.25, 0.3) is 0 Å². The molecule has 20 heavy (non-hydrogen) atoms. The van der Waals surface area contributed by atoms with Gasteiger partial charge in [-0.15, -0.1) is 0 Å². The van der Waals surface area contributed by atoms with Gasteiger partial charge in [-0.2, -0.15) is 13.2 Å². The summed E-state index contributed by atoms with van der Waals surface area (Å²) < 4.78 is 39.3. The average molecular weight is 288 g/mol. The molecule has 1 rings (SSSR count). The lowest BCUT2D eigenvalue weighted by atomic mass is 9.98. The van der Waals surface area contributed by atoms with Crippen LogP contribution in [-0.4, -0.2) is 24.5 Å². The summed E-state index contributed by atoms with van der Waals surface area (Å²) in [5.41, 5.74) is 5.46. The standard InChI is InChI=1S/C15H23F3N2/c1-3-5-10-20(4-2)14(11-19)12-8-6-7-9-13(12)15(16,17)18/h6-9,14H,3-5,10-11,19H2,1-2H3. The van der Waals surface area contributed by atoms with Crippen LogP contribution in [0.1, 0.15) is 43.9 Å². The fourth-order valence-electron chi connectivity index (χ4n) is 2.41. The number of nitrogens with two attached hydrogens (primary N) is 1. The summed E-state index contributed by atoms with van der Waals surface area (Å²) in [7, 11) is 0. The van der Waals surface area contributed by atoms with E-state index in [1.165, 1.54) is 12.1 Å². The third-order valence-corrected chi connectivity index (χ3v) is 3.49. The molecule has 0 aromatic heterocycles. The Balaban J connectivity index is 3.11. The molecular formula is C15H23F3N2. The van der Waals surface area contributed by atoms with Crippen LogP contribution < -0.4 is 5.73 Å². The number of benzene rings is 1. The lowest BCUT2D eigenvalue weighted by Gasteiger charge is -2.31. The monoisotopic (exact) mass is 288 g/mol. The smallest absolute Gasteiger partial charge is 0.329 e. The molecule has 0 amide bonds. The van der Waals surface area contributed by atoms with E-state index in [1.807, 2.05) is 11.8 Å². The van der Waals surface area contributed by atoms with Crippen molar-refractivity contribution in [3.05, 3.63) is 35.4 Å². The molecule has 0 heterocycles. The van der Waals surface area contributed by atoms with Crippen molar-refractivity contribution in [3.8, 4) is 0 Å². The topological polar surface area (TPSA) is 29.3 Å². The van der Waals surface area contributed by atoms with Gasteiger partial charge in [0, 0.05) is 12.6 Å². The van der Waals surface area contributed by atoms with Crippen molar-refractivity contribution in [2.45, 2.75) is 38.9 Å². The molecular weight excluding hydrogens is 265 g/mol. The third-order valence-electron chi connectivity index (χ3n) is 3.49. The highest BCUT2D eigenvalue weighted by atomic mass is 19.4. The minimum absolute atomic E-state index is 0.185. The number of unbranched alkanes of at least 4 members (excludes halogenated alkanes) is 1. The van der Waals surface area contributed by atoms with Gasteiger partial charge in [0.15, 0.2) is 0 Å². The quantitative estimate of drug-likeness (QED) is 0.826. The maximum Gasteiger partial charge on any atom is 0.416 e. The van der Waals surface area contributed by atoms with Gasteiger partial charge in [-0.3, -0.25) is 4.90 Å². The summed E-state index contributed by atoms with van der Waals surface area (Å²) in [6, 6.07) is 5.34. The fourth-order valence-corrected chi connectivity index (χ4v) is 2.41. The first-order valence-corrected chi connectivity index (χ1v) is 7.05. The van der Waals surface area contributed by atoms with E-state index in [2.05, 4.69) is 6.92 Å². The Labute approximate surface area is 118 Å². The minimum Gasteiger partial charge on any atom is -0.329 e. The second kappa shape index (κ2) is 7.64. The number of likely N-dealkylation sites (N-methyl/N-ethyl adjacent to an activating group) is 1. The predicted octanol–water partition coefficient (Wildman–Crippen LogP) is 3.83. The second-order valence-corrected chi connectivity index (χ2v) is 4.82. The maximum atomic E-state index is 13.1. The number of hydrogen-bond donors (Lipinski definition) is 1. The molecule has 5 heteroatoms. The SMILES string of the molecule is CCCCN(CC)C(CN)c1ccccc1C(F)(F)F. The van der Waals surface area contributed by atoms with Gasteiger partial charge >= 0.3 is 6.18 Å². The molecule has 0 saturated carbocycles. The van der Waals surface area contributed by atoms with Crippen LogP contribution in [-0.2, 0) is 6.18 Å². The average Bonchev–Trinajstić information content (AvgIpc) is 2.42. The van der Waals surface area contributed by atoms with Crippen LogP contribution in [0.5, 0.6) is 0 Å². The molecule has 1 aromatic rings. The van der Waals surface area contributed by atoms with Crippen LogP contribution in [0.3, 0.4) is 0 Å². The highest BCUT2D eigenvalue weighted by molar-refractivity contribution is 5.32. The zero-order valence-corrected chi connectivity index (χ0v) is 12.1. The van der Waals surface area contributed by atoms with Crippen molar-refractivity contribution in [2.24, 2.45) is 5.73 Å². The molecule has 1 aromatic carbocycles. The van der Waals surface area contributed by atoms with Crippen LogP contribution in [0.15, 0.2) is 24.3 Å². The molecule has 2 nitrogen and oxygen atoms in total. The van der Waals surface area contributed by atoms with E-state index < -0.39 is 11.7 Å². The van der Waals surface area contributed by atoms with Gasteiger partial charge in [-0.25, -0.2) is 0 Å². The Morgan fingerprint density at radius 3 is 2.35 bits per heavy atom. The van der Waals surface area contributed by atoms with Crippen LogP contribution in [0, 0.1) is 0 Å². The molecule has 0 aliphatic heterocycles. The number of alkyl halides is 3. The van der Waals surface area contributed by atoms with E-state index in [0.29, 0.717) is 6.54 Å². The Hall–Kier alpha value is -1.07. The lowest BCUT2D eigenvalue weighted by Crippen LogP contribution is -2.35. The van der Waals surface area contributed by atoms with Crippen LogP contribution in [0.25, 0.3) is 0 Å². The maximum absolute atomic E-state index is 13.1. The Morgan fingerprint density at radius 2 is 1.85 bits per heavy atom. The molecule has 0 fully saturated rings. The van der Waals surface area contributed by atoms with E-state index in [1.54, 1.807) is 6.07 Å². The summed E-state index contributed by atoms with van der Waals surface area (Å²) in [4.78, 5) is 2.02. The van der Waals surface area contributed by atoms with E-state index in [4.69, 9.17) is 5.73 Å². The Kier molecular flexibility index (Phi) is 6.49. The largest absolute Gasteiger partial charge is 0.416 e. The molecule has 2 N–H and O–H groups in total. The molecule has 0 aliphatic carbocycles. The van der Waals surface area contributed by atoms with Crippen molar-refractivity contribution in [2.75, 3.05) is 19.6 Å². The zero-order valence-electron chi connectivity index (χ0n) is 12.1. The zero-order chi connectivity index (χ0) is 15.2. The number of rotatable bonds is 7. The first-order chi connectivity index (χ1) is 9.45. The van der Waals surface area contributed by atoms with Crippen molar-refractivity contribution in [1.82, 2.24) is 4.90 Å². The molecule has 0 saturated heterocycles. The first kappa shape index (κ1) is 17.0. The van der Waals surface area contributed by atoms with Gasteiger partial charge in [-0.1, -0.05) is 38.5 Å². The highest BCUT2D eigenvalue weighted by Gasteiger charge is 2.35. The summed E-state index contributed by atoms with van der Waals surface area (Å²) in [6.07, 6.45) is -2.37. The summed E-state index contributed by atoms with van der Waals surface area (Å²) in [6.45, 7) is 5.66. The lowest BCUT2D eigenvalue weighted by molar-refractivity contribution is -0.138. The summed E-state index contributed by atoms with van der Waals surface area (Å²) in [5, 5.41) is 0. The van der Waals surface area contributed by atoms with Crippen molar-refractivity contribution in [3.63, 3.8) is 0 Å². The van der Waals surface area contributed by atoms with Crippen LogP contribution >= 0.6 is 0 Å². The van der Waals surface area contributed by atoms with Gasteiger partial charge < -0.3 is 5.73 Å². The van der Waals surface area contributed by atoms with E-state index in [9.17, 15) is 13.2 Å². The van der Waals surface area contributed by atoms with E-state index in [0.717, 1.165) is 25.5 Å². The molecule has 0 bridgehead atoms. The fraction of sp³-hybridized carbons (Fsp3) is 0.600. The molecule has 0 radical (unpaired) electrons. The highest BCUT2D eigenvalue weighted by Crippen LogP contribution is 2.36. The Morgan fingerprint density at radius 1 is 1.20 bits per heavy atom. The minimum atomic E-state index is -4.34. The third kappa shape index (κ3) is 4.21. The van der Waals surface area contributed by atoms with Crippen molar-refractivity contribution < 1.29 is 13.2 Å². The van der Waals surface area contributed by atoms with Crippen LogP contribution in [0.4, 0.5) is 13.2 Å². The Bertz CT molecular complexity index is 404. The van der Waals surface area contributed by atoms with Crippen LogP contribution in [0.2, 0.25) is 0 Å². The second-order valence-electron chi connectivity index (χ2n) is 4.82.